The van der Waals surface area contributed by atoms with Gasteiger partial charge in [-0.25, -0.2) is 0 Å². The quantitative estimate of drug-likeness (QED) is 0.709. The molecule has 3 nitrogen and oxygen atoms in total. The van der Waals surface area contributed by atoms with E-state index >= 15 is 0 Å². The molecule has 6 rings (SSSR count). The Morgan fingerprint density at radius 2 is 1.11 bits per heavy atom. The van der Waals surface area contributed by atoms with Gasteiger partial charge in [0.05, 0.1) is 0 Å². The van der Waals surface area contributed by atoms with E-state index in [0.717, 1.165) is 40.7 Å². The Morgan fingerprint density at radius 3 is 1.61 bits per heavy atom. The van der Waals surface area contributed by atoms with E-state index in [2.05, 4.69) is 28.7 Å². The maximum absolute atomic E-state index is 2.92. The smallest absolute Gasteiger partial charge is 0.0106 e. The van der Waals surface area contributed by atoms with Crippen LogP contribution in [0, 0.1) is 28.6 Å². The molecule has 3 aliphatic heterocycles. The molecular weight excluding hydrogens is 342 g/mol. The van der Waals surface area contributed by atoms with Gasteiger partial charge in [-0.05, 0) is 126 Å². The fourth-order valence-electron chi connectivity index (χ4n) is 8.96. The lowest BCUT2D eigenvalue weighted by molar-refractivity contribution is -0.0820. The summed E-state index contributed by atoms with van der Waals surface area (Å²) in [6.07, 6.45) is 15.2. The van der Waals surface area contributed by atoms with E-state index in [1.54, 1.807) is 0 Å². The highest BCUT2D eigenvalue weighted by molar-refractivity contribution is 5.05. The van der Waals surface area contributed by atoms with E-state index in [0.29, 0.717) is 0 Å². The first kappa shape index (κ1) is 18.6. The van der Waals surface area contributed by atoms with Crippen LogP contribution in [0.3, 0.4) is 0 Å². The van der Waals surface area contributed by atoms with Crippen molar-refractivity contribution < 1.29 is 0 Å². The average molecular weight is 386 g/mol. The van der Waals surface area contributed by atoms with Crippen LogP contribution in [0.1, 0.15) is 71.1 Å². The highest BCUT2D eigenvalue weighted by Crippen LogP contribution is 2.56. The standard InChI is InChI=1S/C25H43N3/c1-19-13-24(14-19)3-9-28(10-4-24)23-15-25(16-23)5-7-27(8-6-25)22-11-20-17-26(2)18-21(20)12-22/h19-23H,3-18H2,1-2H3. The molecule has 2 spiro atoms. The van der Waals surface area contributed by atoms with Gasteiger partial charge >= 0.3 is 0 Å². The monoisotopic (exact) mass is 385 g/mol. The van der Waals surface area contributed by atoms with E-state index in [9.17, 15) is 0 Å². The summed E-state index contributed by atoms with van der Waals surface area (Å²) in [5, 5.41) is 0. The number of nitrogens with zero attached hydrogens (tertiary/aromatic N) is 3. The van der Waals surface area contributed by atoms with Crippen LogP contribution in [0.15, 0.2) is 0 Å². The van der Waals surface area contributed by atoms with Gasteiger partial charge in [0, 0.05) is 25.2 Å². The summed E-state index contributed by atoms with van der Waals surface area (Å²) < 4.78 is 0. The van der Waals surface area contributed by atoms with Crippen LogP contribution < -0.4 is 0 Å². The summed E-state index contributed by atoms with van der Waals surface area (Å²) in [7, 11) is 2.32. The molecule has 3 heterocycles. The Balaban J connectivity index is 0.957. The normalized spacial score (nSPS) is 43.9. The molecule has 0 radical (unpaired) electrons. The van der Waals surface area contributed by atoms with Gasteiger partial charge in [-0.1, -0.05) is 6.92 Å². The first-order chi connectivity index (χ1) is 13.5. The van der Waals surface area contributed by atoms with E-state index < -0.39 is 0 Å². The van der Waals surface area contributed by atoms with Gasteiger partial charge in [0.25, 0.3) is 0 Å². The number of hydrogen-bond donors (Lipinski definition) is 0. The zero-order valence-electron chi connectivity index (χ0n) is 18.5. The lowest BCUT2D eigenvalue weighted by Crippen LogP contribution is -2.58. The van der Waals surface area contributed by atoms with Gasteiger partial charge in [-0.2, -0.15) is 0 Å². The molecule has 2 atom stereocenters. The highest BCUT2D eigenvalue weighted by atomic mass is 15.2. The van der Waals surface area contributed by atoms with E-state index in [-0.39, 0.29) is 0 Å². The van der Waals surface area contributed by atoms with Crippen molar-refractivity contribution in [2.24, 2.45) is 28.6 Å². The molecule has 3 saturated carbocycles. The van der Waals surface area contributed by atoms with Crippen molar-refractivity contribution in [1.29, 1.82) is 0 Å². The van der Waals surface area contributed by atoms with Crippen molar-refractivity contribution in [3.8, 4) is 0 Å². The van der Waals surface area contributed by atoms with Crippen molar-refractivity contribution in [3.63, 3.8) is 0 Å². The summed E-state index contributed by atoms with van der Waals surface area (Å²) in [6, 6.07) is 1.88. The highest BCUT2D eigenvalue weighted by Gasteiger charge is 2.51. The third-order valence-corrected chi connectivity index (χ3v) is 10.6. The summed E-state index contributed by atoms with van der Waals surface area (Å²) in [6.45, 7) is 10.8. The summed E-state index contributed by atoms with van der Waals surface area (Å²) in [5.41, 5.74) is 1.53. The molecule has 3 heteroatoms. The largest absolute Gasteiger partial charge is 0.306 e. The number of fused-ring (bicyclic) bond motifs is 1. The third-order valence-electron chi connectivity index (χ3n) is 10.6. The second-order valence-corrected chi connectivity index (χ2v) is 12.5. The predicted octanol–water partition coefficient (Wildman–Crippen LogP) is 4.08. The Bertz CT molecular complexity index is 557. The Kier molecular flexibility index (Phi) is 4.45. The summed E-state index contributed by atoms with van der Waals surface area (Å²) in [5.74, 6) is 3.05. The zero-order valence-corrected chi connectivity index (χ0v) is 18.5. The van der Waals surface area contributed by atoms with E-state index in [4.69, 9.17) is 0 Å². The van der Waals surface area contributed by atoms with Crippen molar-refractivity contribution in [1.82, 2.24) is 14.7 Å². The molecule has 0 N–H and O–H groups in total. The summed E-state index contributed by atoms with van der Waals surface area (Å²) >= 11 is 0. The van der Waals surface area contributed by atoms with Crippen molar-refractivity contribution in [2.45, 2.75) is 83.2 Å². The van der Waals surface area contributed by atoms with Gasteiger partial charge in [0.15, 0.2) is 0 Å². The van der Waals surface area contributed by atoms with Crippen LogP contribution in [0.25, 0.3) is 0 Å². The molecule has 0 aromatic heterocycles. The molecule has 0 amide bonds. The third kappa shape index (κ3) is 3.10. The maximum Gasteiger partial charge on any atom is 0.0106 e. The maximum atomic E-state index is 2.92. The van der Waals surface area contributed by atoms with Crippen LogP contribution in [0.2, 0.25) is 0 Å². The topological polar surface area (TPSA) is 9.72 Å². The molecule has 3 saturated heterocycles. The number of hydrogen-bond acceptors (Lipinski definition) is 3. The first-order valence-electron chi connectivity index (χ1n) is 12.7. The fourth-order valence-corrected chi connectivity index (χ4v) is 8.96. The van der Waals surface area contributed by atoms with Gasteiger partial charge < -0.3 is 14.7 Å². The molecule has 158 valence electrons. The first-order valence-corrected chi connectivity index (χ1v) is 12.7. The van der Waals surface area contributed by atoms with Gasteiger partial charge in [-0.3, -0.25) is 0 Å². The van der Waals surface area contributed by atoms with E-state index in [1.807, 2.05) is 0 Å². The molecule has 3 aliphatic carbocycles. The van der Waals surface area contributed by atoms with Crippen molar-refractivity contribution in [2.75, 3.05) is 46.3 Å². The van der Waals surface area contributed by atoms with Crippen LogP contribution in [0.5, 0.6) is 0 Å². The van der Waals surface area contributed by atoms with E-state index in [1.165, 1.54) is 103 Å². The summed E-state index contributed by atoms with van der Waals surface area (Å²) in [4.78, 5) is 8.39. The SMILES string of the molecule is CC1CC2(CCN(C3CC4(CCN(C5CC6CN(C)CC6C5)CC4)C3)CC2)C1. The number of piperidine rings is 2. The Hall–Kier alpha value is -0.120. The Labute approximate surface area is 173 Å². The molecule has 6 aliphatic rings. The van der Waals surface area contributed by atoms with Gasteiger partial charge in [0.1, 0.15) is 0 Å². The second kappa shape index (κ2) is 6.69. The van der Waals surface area contributed by atoms with Gasteiger partial charge in [0.2, 0.25) is 0 Å². The van der Waals surface area contributed by atoms with Gasteiger partial charge in [-0.15, -0.1) is 0 Å². The van der Waals surface area contributed by atoms with Crippen LogP contribution in [-0.4, -0.2) is 73.1 Å². The second-order valence-electron chi connectivity index (χ2n) is 12.5. The molecular formula is C25H43N3. The zero-order chi connectivity index (χ0) is 18.9. The minimum absolute atomic E-state index is 0.746. The minimum atomic E-state index is 0.746. The number of rotatable bonds is 2. The van der Waals surface area contributed by atoms with Crippen molar-refractivity contribution in [3.05, 3.63) is 0 Å². The van der Waals surface area contributed by atoms with Crippen molar-refractivity contribution >= 4 is 0 Å². The minimum Gasteiger partial charge on any atom is -0.306 e. The molecule has 0 bridgehead atoms. The number of likely N-dealkylation sites (tertiary alicyclic amines) is 3. The molecule has 2 unspecified atom stereocenters. The molecule has 0 aromatic rings. The average Bonchev–Trinajstić information content (AvgIpc) is 3.17. The lowest BCUT2D eigenvalue weighted by Gasteiger charge is -2.59. The fraction of sp³-hybridized carbons (Fsp3) is 1.00. The lowest BCUT2D eigenvalue weighted by atomic mass is 9.56. The molecule has 28 heavy (non-hydrogen) atoms. The molecule has 6 fully saturated rings. The molecule has 0 aromatic carbocycles. The Morgan fingerprint density at radius 1 is 0.643 bits per heavy atom. The van der Waals surface area contributed by atoms with Crippen LogP contribution in [-0.2, 0) is 0 Å². The predicted molar refractivity (Wildman–Crippen MR) is 115 cm³/mol. The van der Waals surface area contributed by atoms with Crippen LogP contribution in [0.4, 0.5) is 0 Å². The van der Waals surface area contributed by atoms with Crippen LogP contribution >= 0.6 is 0 Å².